The maximum Gasteiger partial charge on any atom is 0.322 e. The van der Waals surface area contributed by atoms with Crippen molar-refractivity contribution < 1.29 is 9.13 Å². The van der Waals surface area contributed by atoms with Crippen LogP contribution in [0.3, 0.4) is 0 Å². The third-order valence-electron chi connectivity index (χ3n) is 2.17. The van der Waals surface area contributed by atoms with Crippen molar-refractivity contribution in [3.05, 3.63) is 27.4 Å². The normalized spacial score (nSPS) is 10.2. The van der Waals surface area contributed by atoms with Crippen LogP contribution >= 0.6 is 27.5 Å². The highest BCUT2D eigenvalue weighted by Gasteiger charge is 2.12. The molecule has 0 amide bonds. The Balaban J connectivity index is 2.39. The summed E-state index contributed by atoms with van der Waals surface area (Å²) in [5, 5.41) is 3.00. The first-order chi connectivity index (χ1) is 9.53. The van der Waals surface area contributed by atoms with Gasteiger partial charge in [-0.15, -0.1) is 0 Å². The van der Waals surface area contributed by atoms with Crippen LogP contribution in [0.5, 0.6) is 6.01 Å². The van der Waals surface area contributed by atoms with Crippen LogP contribution in [0.2, 0.25) is 5.02 Å². The van der Waals surface area contributed by atoms with Crippen LogP contribution in [-0.2, 0) is 0 Å². The van der Waals surface area contributed by atoms with E-state index in [9.17, 15) is 4.39 Å². The molecule has 0 aliphatic carbocycles. The van der Waals surface area contributed by atoms with Crippen molar-refractivity contribution in [2.24, 2.45) is 5.84 Å². The van der Waals surface area contributed by atoms with Crippen LogP contribution in [0.15, 0.2) is 16.6 Å². The first-order valence-electron chi connectivity index (χ1n) is 5.21. The third kappa shape index (κ3) is 3.24. The van der Waals surface area contributed by atoms with Crippen LogP contribution in [0, 0.1) is 5.82 Å². The molecule has 0 bridgehead atoms. The zero-order valence-electron chi connectivity index (χ0n) is 10.1. The maximum absolute atomic E-state index is 13.2. The Bertz CT molecular complexity index is 598. The highest BCUT2D eigenvalue weighted by Crippen LogP contribution is 2.33. The van der Waals surface area contributed by atoms with Gasteiger partial charge in [-0.25, -0.2) is 10.2 Å². The standard InChI is InChI=1S/C10H9BrClFN6O/c1-20-10-17-8(16-9(18-10)19-14)15-7-5(11)2-4(13)3-6(7)12/h2-3H,14H2,1H3,(H2,15,16,17,18,19). The van der Waals surface area contributed by atoms with Gasteiger partial charge in [0.1, 0.15) is 5.82 Å². The fourth-order valence-corrected chi connectivity index (χ4v) is 2.24. The van der Waals surface area contributed by atoms with Gasteiger partial charge in [-0.05, 0) is 28.1 Å². The summed E-state index contributed by atoms with van der Waals surface area (Å²) in [6.45, 7) is 0. The number of nitrogen functional groups attached to an aromatic ring is 1. The van der Waals surface area contributed by atoms with Crippen molar-refractivity contribution in [2.45, 2.75) is 0 Å². The smallest absolute Gasteiger partial charge is 0.322 e. The Kier molecular flexibility index (Phi) is 4.53. The van der Waals surface area contributed by atoms with Crippen molar-refractivity contribution in [1.29, 1.82) is 0 Å². The number of aromatic nitrogens is 3. The molecular weight excluding hydrogens is 355 g/mol. The van der Waals surface area contributed by atoms with Gasteiger partial charge >= 0.3 is 6.01 Å². The lowest BCUT2D eigenvalue weighted by Crippen LogP contribution is -2.13. The number of ether oxygens (including phenoxy) is 1. The van der Waals surface area contributed by atoms with E-state index in [1.54, 1.807) is 0 Å². The van der Waals surface area contributed by atoms with Gasteiger partial charge in [-0.2, -0.15) is 15.0 Å². The fourth-order valence-electron chi connectivity index (χ4n) is 1.34. The van der Waals surface area contributed by atoms with Crippen LogP contribution < -0.4 is 21.3 Å². The van der Waals surface area contributed by atoms with E-state index in [4.69, 9.17) is 22.2 Å². The topological polar surface area (TPSA) is 98.0 Å². The molecule has 0 saturated carbocycles. The highest BCUT2D eigenvalue weighted by molar-refractivity contribution is 9.10. The summed E-state index contributed by atoms with van der Waals surface area (Å²) in [7, 11) is 1.40. The Morgan fingerprint density at radius 3 is 2.60 bits per heavy atom. The molecule has 0 fully saturated rings. The van der Waals surface area contributed by atoms with Crippen molar-refractivity contribution in [1.82, 2.24) is 15.0 Å². The Labute approximate surface area is 126 Å². The number of benzene rings is 1. The van der Waals surface area contributed by atoms with Crippen molar-refractivity contribution >= 4 is 45.1 Å². The minimum Gasteiger partial charge on any atom is -0.467 e. The predicted octanol–water partition coefficient (Wildman–Crippen LogP) is 2.46. The maximum atomic E-state index is 13.2. The number of hydrazine groups is 1. The quantitative estimate of drug-likeness (QED) is 0.567. The molecule has 0 aliphatic rings. The fraction of sp³-hybridized carbons (Fsp3) is 0.100. The second-order valence-electron chi connectivity index (χ2n) is 3.48. The number of rotatable bonds is 4. The van der Waals surface area contributed by atoms with E-state index in [-0.39, 0.29) is 22.9 Å². The van der Waals surface area contributed by atoms with E-state index in [2.05, 4.69) is 41.6 Å². The van der Waals surface area contributed by atoms with E-state index in [0.717, 1.165) is 6.07 Å². The van der Waals surface area contributed by atoms with E-state index < -0.39 is 5.82 Å². The second kappa shape index (κ2) is 6.16. The first-order valence-corrected chi connectivity index (χ1v) is 6.39. The lowest BCUT2D eigenvalue weighted by Gasteiger charge is -2.10. The predicted molar refractivity (Wildman–Crippen MR) is 76.6 cm³/mol. The second-order valence-corrected chi connectivity index (χ2v) is 4.74. The van der Waals surface area contributed by atoms with Crippen molar-refractivity contribution in [3.8, 4) is 6.01 Å². The highest BCUT2D eigenvalue weighted by atomic mass is 79.9. The molecule has 4 N–H and O–H groups in total. The van der Waals surface area contributed by atoms with Crippen LogP contribution in [0.4, 0.5) is 22.0 Å². The zero-order chi connectivity index (χ0) is 14.7. The molecule has 106 valence electrons. The number of hydrogen-bond acceptors (Lipinski definition) is 7. The number of methoxy groups -OCH3 is 1. The number of halogens is 3. The summed E-state index contributed by atoms with van der Waals surface area (Å²) in [4.78, 5) is 11.8. The minimum absolute atomic E-state index is 0.0600. The molecule has 10 heteroatoms. The largest absolute Gasteiger partial charge is 0.467 e. The summed E-state index contributed by atoms with van der Waals surface area (Å²) in [6, 6.07) is 2.48. The lowest BCUT2D eigenvalue weighted by molar-refractivity contribution is 0.379. The van der Waals surface area contributed by atoms with Gasteiger partial charge in [0.25, 0.3) is 0 Å². The molecule has 0 aliphatic heterocycles. The molecule has 7 nitrogen and oxygen atoms in total. The lowest BCUT2D eigenvalue weighted by atomic mass is 10.3. The molecule has 1 aromatic carbocycles. The molecule has 1 aromatic heterocycles. The number of nitrogens with two attached hydrogens (primary N) is 1. The Morgan fingerprint density at radius 2 is 2.00 bits per heavy atom. The van der Waals surface area contributed by atoms with Crippen LogP contribution in [0.1, 0.15) is 0 Å². The average molecular weight is 364 g/mol. The van der Waals surface area contributed by atoms with Crippen molar-refractivity contribution in [3.63, 3.8) is 0 Å². The molecule has 0 unspecified atom stereocenters. The van der Waals surface area contributed by atoms with E-state index >= 15 is 0 Å². The van der Waals surface area contributed by atoms with E-state index in [1.807, 2.05) is 0 Å². The van der Waals surface area contributed by atoms with Gasteiger partial charge in [0.15, 0.2) is 0 Å². The molecule has 0 atom stereocenters. The van der Waals surface area contributed by atoms with E-state index in [1.165, 1.54) is 13.2 Å². The van der Waals surface area contributed by atoms with Crippen LogP contribution in [0.25, 0.3) is 0 Å². The number of anilines is 3. The monoisotopic (exact) mass is 362 g/mol. The molecular formula is C10H9BrClFN6O. The molecule has 1 heterocycles. The van der Waals surface area contributed by atoms with Gasteiger partial charge in [0.2, 0.25) is 11.9 Å². The number of hydrogen-bond donors (Lipinski definition) is 3. The SMILES string of the molecule is COc1nc(NN)nc(Nc2c(Cl)cc(F)cc2Br)n1. The van der Waals surface area contributed by atoms with Crippen molar-refractivity contribution in [2.75, 3.05) is 17.9 Å². The van der Waals surface area contributed by atoms with Crippen LogP contribution in [-0.4, -0.2) is 22.1 Å². The summed E-state index contributed by atoms with van der Waals surface area (Å²) in [5.41, 5.74) is 2.69. The third-order valence-corrected chi connectivity index (χ3v) is 3.09. The molecule has 0 radical (unpaired) electrons. The number of nitrogens with zero attached hydrogens (tertiary/aromatic N) is 3. The molecule has 20 heavy (non-hydrogen) atoms. The number of nitrogens with one attached hydrogen (secondary N) is 2. The summed E-state index contributed by atoms with van der Waals surface area (Å²) < 4.78 is 18.5. The van der Waals surface area contributed by atoms with Gasteiger partial charge in [0, 0.05) is 4.47 Å². The first kappa shape index (κ1) is 14.7. The van der Waals surface area contributed by atoms with Gasteiger partial charge in [-0.3, -0.25) is 5.43 Å². The summed E-state index contributed by atoms with van der Waals surface area (Å²) in [6.07, 6.45) is 0. The summed E-state index contributed by atoms with van der Waals surface area (Å²) >= 11 is 9.15. The Morgan fingerprint density at radius 1 is 1.30 bits per heavy atom. The minimum atomic E-state index is -0.468. The molecule has 0 saturated heterocycles. The van der Waals surface area contributed by atoms with E-state index in [0.29, 0.717) is 10.2 Å². The zero-order valence-corrected chi connectivity index (χ0v) is 12.5. The Hall–Kier alpha value is -1.71. The summed E-state index contributed by atoms with van der Waals surface area (Å²) in [5.74, 6) is 5.02. The van der Waals surface area contributed by atoms with Gasteiger partial charge in [-0.1, -0.05) is 11.6 Å². The van der Waals surface area contributed by atoms with Gasteiger partial charge in [0.05, 0.1) is 17.8 Å². The molecule has 2 rings (SSSR count). The van der Waals surface area contributed by atoms with Gasteiger partial charge < -0.3 is 10.1 Å². The molecule has 2 aromatic rings. The molecule has 0 spiro atoms. The average Bonchev–Trinajstić information content (AvgIpc) is 2.42.